The van der Waals surface area contributed by atoms with Crippen LogP contribution in [-0.4, -0.2) is 5.12 Å². The van der Waals surface area contributed by atoms with E-state index in [0.717, 1.165) is 12.8 Å². The summed E-state index contributed by atoms with van der Waals surface area (Å²) in [7, 11) is 0. The lowest BCUT2D eigenvalue weighted by Gasteiger charge is -1.96. The first-order chi connectivity index (χ1) is 5.31. The molecule has 0 heterocycles. The maximum atomic E-state index is 10.9. The lowest BCUT2D eigenvalue weighted by molar-refractivity contribution is -0.110. The van der Waals surface area contributed by atoms with Gasteiger partial charge in [-0.25, -0.2) is 0 Å². The van der Waals surface area contributed by atoms with E-state index in [9.17, 15) is 4.79 Å². The van der Waals surface area contributed by atoms with Crippen LogP contribution in [0, 0.1) is 5.75 Å². The number of carbonyl (C=O) groups is 1. The third kappa shape index (κ3) is 7.92. The third-order valence-electron chi connectivity index (χ3n) is 1.34. The summed E-state index contributed by atoms with van der Waals surface area (Å²) in [6.07, 6.45) is 5.16. The highest BCUT2D eigenvalue weighted by atomic mass is 32.2. The minimum Gasteiger partial charge on any atom is -0.287 e. The van der Waals surface area contributed by atoms with Gasteiger partial charge in [-0.2, -0.15) is 0 Å². The molecule has 0 atom stereocenters. The Balaban J connectivity index is 3.04. The van der Waals surface area contributed by atoms with Crippen molar-refractivity contribution in [1.82, 2.24) is 0 Å². The molecule has 0 aromatic heterocycles. The minimum atomic E-state index is 0.309. The zero-order valence-electron chi connectivity index (χ0n) is 7.43. The normalized spacial score (nSPS) is 10.0. The molecule has 65 valence electrons. The number of thioether (sulfide) groups is 1. The van der Waals surface area contributed by atoms with E-state index in [1.807, 2.05) is 12.7 Å². The van der Waals surface area contributed by atoms with E-state index in [-0.39, 0.29) is 0 Å². The third-order valence-corrected chi connectivity index (χ3v) is 2.21. The van der Waals surface area contributed by atoms with E-state index in [2.05, 4.69) is 6.92 Å². The van der Waals surface area contributed by atoms with Gasteiger partial charge in [-0.15, -0.1) is 0 Å². The van der Waals surface area contributed by atoms with Crippen molar-refractivity contribution in [1.29, 1.82) is 0 Å². The first-order valence-corrected chi connectivity index (χ1v) is 5.20. The highest BCUT2D eigenvalue weighted by Crippen LogP contribution is 2.14. The van der Waals surface area contributed by atoms with Crippen LogP contribution in [0.4, 0.5) is 0 Å². The fourth-order valence-corrected chi connectivity index (χ4v) is 1.49. The maximum absolute atomic E-state index is 10.9. The van der Waals surface area contributed by atoms with Gasteiger partial charge in [0.2, 0.25) is 0 Å². The molecule has 1 nitrogen and oxygen atoms in total. The van der Waals surface area contributed by atoms with Crippen LogP contribution < -0.4 is 0 Å². The van der Waals surface area contributed by atoms with E-state index in [1.165, 1.54) is 24.6 Å². The molecular weight excluding hydrogens is 156 g/mol. The predicted molar refractivity (Wildman–Crippen MR) is 51.3 cm³/mol. The largest absolute Gasteiger partial charge is 0.287 e. The minimum absolute atomic E-state index is 0.309. The van der Waals surface area contributed by atoms with Gasteiger partial charge in [-0.3, -0.25) is 4.79 Å². The van der Waals surface area contributed by atoms with E-state index < -0.39 is 0 Å². The second kappa shape index (κ2) is 8.12. The Labute approximate surface area is 73.9 Å². The average molecular weight is 173 g/mol. The van der Waals surface area contributed by atoms with Crippen LogP contribution in [0.2, 0.25) is 0 Å². The zero-order chi connectivity index (χ0) is 8.53. The molecule has 0 aromatic rings. The van der Waals surface area contributed by atoms with E-state index in [0.29, 0.717) is 11.5 Å². The van der Waals surface area contributed by atoms with Crippen LogP contribution in [0.25, 0.3) is 0 Å². The van der Waals surface area contributed by atoms with Crippen molar-refractivity contribution >= 4 is 16.9 Å². The molecule has 0 N–H and O–H groups in total. The number of carbonyl (C=O) groups excluding carboxylic acids is 1. The van der Waals surface area contributed by atoms with Gasteiger partial charge in [0.05, 0.1) is 0 Å². The molecule has 0 aliphatic carbocycles. The SMILES string of the molecule is CCCC[CH]SC(=O)CCC. The summed E-state index contributed by atoms with van der Waals surface area (Å²) in [5.74, 6) is 2.03. The molecule has 0 aromatic carbocycles. The van der Waals surface area contributed by atoms with Gasteiger partial charge in [-0.05, 0) is 12.8 Å². The van der Waals surface area contributed by atoms with Crippen molar-refractivity contribution in [2.45, 2.75) is 46.0 Å². The number of hydrogen-bond acceptors (Lipinski definition) is 2. The molecule has 0 amide bonds. The lowest BCUT2D eigenvalue weighted by atomic mass is 10.3. The van der Waals surface area contributed by atoms with Crippen molar-refractivity contribution in [3.05, 3.63) is 5.75 Å². The molecule has 0 saturated carbocycles. The molecule has 1 radical (unpaired) electrons. The molecule has 0 saturated heterocycles. The van der Waals surface area contributed by atoms with Crippen LogP contribution in [0.15, 0.2) is 0 Å². The maximum Gasteiger partial charge on any atom is 0.189 e. The Morgan fingerprint density at radius 3 is 2.64 bits per heavy atom. The van der Waals surface area contributed by atoms with E-state index in [1.54, 1.807) is 0 Å². The van der Waals surface area contributed by atoms with Gasteiger partial charge in [0.1, 0.15) is 0 Å². The van der Waals surface area contributed by atoms with Crippen molar-refractivity contribution in [2.75, 3.05) is 0 Å². The fourth-order valence-electron chi connectivity index (χ4n) is 0.702. The van der Waals surface area contributed by atoms with Crippen molar-refractivity contribution in [2.24, 2.45) is 0 Å². The highest BCUT2D eigenvalue weighted by molar-refractivity contribution is 8.15. The molecule has 0 unspecified atom stereocenters. The van der Waals surface area contributed by atoms with Gasteiger partial charge in [0.25, 0.3) is 0 Å². The Kier molecular flexibility index (Phi) is 8.13. The van der Waals surface area contributed by atoms with Crippen LogP contribution in [-0.2, 0) is 4.79 Å². The molecule has 0 bridgehead atoms. The average Bonchev–Trinajstić information content (AvgIpc) is 1.99. The molecule has 0 rings (SSSR count). The smallest absolute Gasteiger partial charge is 0.189 e. The van der Waals surface area contributed by atoms with Gasteiger partial charge < -0.3 is 0 Å². The molecule has 0 fully saturated rings. The summed E-state index contributed by atoms with van der Waals surface area (Å²) in [5, 5.41) is 0.309. The van der Waals surface area contributed by atoms with Crippen molar-refractivity contribution < 1.29 is 4.79 Å². The van der Waals surface area contributed by atoms with Gasteiger partial charge in [0, 0.05) is 12.2 Å². The number of rotatable bonds is 6. The fraction of sp³-hybridized carbons (Fsp3) is 0.778. The highest BCUT2D eigenvalue weighted by Gasteiger charge is 1.99. The summed E-state index contributed by atoms with van der Waals surface area (Å²) in [4.78, 5) is 10.9. The Morgan fingerprint density at radius 1 is 1.36 bits per heavy atom. The number of hydrogen-bond donors (Lipinski definition) is 0. The molecule has 0 spiro atoms. The summed E-state index contributed by atoms with van der Waals surface area (Å²) in [6.45, 7) is 4.19. The molecule has 0 aliphatic rings. The van der Waals surface area contributed by atoms with Gasteiger partial charge in [-0.1, -0.05) is 38.5 Å². The molecule has 2 heteroatoms. The second-order valence-corrected chi connectivity index (χ2v) is 3.57. The van der Waals surface area contributed by atoms with Crippen LogP contribution in [0.5, 0.6) is 0 Å². The number of unbranched alkanes of at least 4 members (excludes halogenated alkanes) is 2. The van der Waals surface area contributed by atoms with Crippen molar-refractivity contribution in [3.63, 3.8) is 0 Å². The monoisotopic (exact) mass is 173 g/mol. The molecule has 0 aliphatic heterocycles. The summed E-state index contributed by atoms with van der Waals surface area (Å²) < 4.78 is 0. The predicted octanol–water partition coefficient (Wildman–Crippen LogP) is 3.40. The van der Waals surface area contributed by atoms with Gasteiger partial charge >= 0.3 is 0 Å². The Bertz CT molecular complexity index is 102. The lowest BCUT2D eigenvalue weighted by Crippen LogP contribution is -1.88. The Hall–Kier alpha value is 0.0200. The second-order valence-electron chi connectivity index (χ2n) is 2.55. The first kappa shape index (κ1) is 11.0. The van der Waals surface area contributed by atoms with Crippen LogP contribution in [0.3, 0.4) is 0 Å². The zero-order valence-corrected chi connectivity index (χ0v) is 8.25. The summed E-state index contributed by atoms with van der Waals surface area (Å²) in [5.41, 5.74) is 0. The summed E-state index contributed by atoms with van der Waals surface area (Å²) in [6, 6.07) is 0. The Morgan fingerprint density at radius 2 is 2.09 bits per heavy atom. The first-order valence-electron chi connectivity index (χ1n) is 4.32. The quantitative estimate of drug-likeness (QED) is 0.573. The standard InChI is InChI=1S/C9H17OS/c1-3-5-6-8-11-9(10)7-4-2/h8H,3-7H2,1-2H3. The molecule has 11 heavy (non-hydrogen) atoms. The van der Waals surface area contributed by atoms with E-state index in [4.69, 9.17) is 0 Å². The van der Waals surface area contributed by atoms with Gasteiger partial charge in [0.15, 0.2) is 5.12 Å². The van der Waals surface area contributed by atoms with Crippen LogP contribution >= 0.6 is 11.8 Å². The van der Waals surface area contributed by atoms with Crippen molar-refractivity contribution in [3.8, 4) is 0 Å². The van der Waals surface area contributed by atoms with Crippen LogP contribution in [0.1, 0.15) is 46.0 Å². The van der Waals surface area contributed by atoms with E-state index >= 15 is 0 Å². The molecular formula is C9H17OS. The summed E-state index contributed by atoms with van der Waals surface area (Å²) >= 11 is 1.38. The topological polar surface area (TPSA) is 17.1 Å².